The van der Waals surface area contributed by atoms with Crippen LogP contribution in [0.5, 0.6) is 0 Å². The lowest BCUT2D eigenvalue weighted by atomic mass is 9.98. The summed E-state index contributed by atoms with van der Waals surface area (Å²) in [6.45, 7) is 2.82. The minimum Gasteiger partial charge on any atom is -0.398 e. The summed E-state index contributed by atoms with van der Waals surface area (Å²) >= 11 is 0. The van der Waals surface area contributed by atoms with Crippen LogP contribution in [0.15, 0.2) is 18.5 Å². The number of likely N-dealkylation sites (N-methyl/N-ethyl adjacent to an activating group) is 1. The van der Waals surface area contributed by atoms with Gasteiger partial charge < -0.3 is 15.8 Å². The smallest absolute Gasteiger partial charge is 0.0759 e. The van der Waals surface area contributed by atoms with Gasteiger partial charge in [0, 0.05) is 30.7 Å². The van der Waals surface area contributed by atoms with E-state index in [1.54, 1.807) is 6.20 Å². The van der Waals surface area contributed by atoms with Gasteiger partial charge in [-0.2, -0.15) is 0 Å². The summed E-state index contributed by atoms with van der Waals surface area (Å²) in [5, 5.41) is 3.38. The first-order valence-corrected chi connectivity index (χ1v) is 6.73. The van der Waals surface area contributed by atoms with Crippen molar-refractivity contribution in [1.29, 1.82) is 0 Å². The Labute approximate surface area is 109 Å². The van der Waals surface area contributed by atoms with Crippen molar-refractivity contribution in [3.05, 3.63) is 24.0 Å². The number of ether oxygens (including phenoxy) is 1. The molecule has 0 bridgehead atoms. The van der Waals surface area contributed by atoms with Crippen LogP contribution in [0.25, 0.3) is 0 Å². The molecule has 1 fully saturated rings. The van der Waals surface area contributed by atoms with E-state index >= 15 is 0 Å². The molecule has 2 unspecified atom stereocenters. The Bertz CT molecular complexity index is 379. The van der Waals surface area contributed by atoms with Crippen LogP contribution >= 0.6 is 0 Å². The summed E-state index contributed by atoms with van der Waals surface area (Å²) in [5.41, 5.74) is 7.90. The molecule has 0 aliphatic heterocycles. The van der Waals surface area contributed by atoms with Gasteiger partial charge in [0.2, 0.25) is 0 Å². The largest absolute Gasteiger partial charge is 0.398 e. The van der Waals surface area contributed by atoms with Crippen molar-refractivity contribution in [1.82, 2.24) is 10.3 Å². The van der Waals surface area contributed by atoms with E-state index in [1.165, 1.54) is 12.8 Å². The van der Waals surface area contributed by atoms with Gasteiger partial charge in [-0.05, 0) is 50.8 Å². The maximum absolute atomic E-state index is 5.98. The topological polar surface area (TPSA) is 60.2 Å². The molecule has 0 radical (unpaired) electrons. The van der Waals surface area contributed by atoms with Gasteiger partial charge >= 0.3 is 0 Å². The normalized spacial score (nSPS) is 18.6. The SMILES string of the molecule is CCOC(C1CC1)C(Cc1cnccc1N)NC. The van der Waals surface area contributed by atoms with Gasteiger partial charge in [-0.15, -0.1) is 0 Å². The van der Waals surface area contributed by atoms with E-state index in [4.69, 9.17) is 10.5 Å². The molecular formula is C14H23N3O. The van der Waals surface area contributed by atoms with E-state index in [9.17, 15) is 0 Å². The third-order valence-corrected chi connectivity index (χ3v) is 3.59. The van der Waals surface area contributed by atoms with E-state index in [0.29, 0.717) is 18.1 Å². The molecule has 1 aliphatic carbocycles. The number of aromatic nitrogens is 1. The minimum absolute atomic E-state index is 0.291. The van der Waals surface area contributed by atoms with Crippen molar-refractivity contribution >= 4 is 5.69 Å². The lowest BCUT2D eigenvalue weighted by Gasteiger charge is -2.27. The highest BCUT2D eigenvalue weighted by atomic mass is 16.5. The Hall–Kier alpha value is -1.13. The number of nitrogens with zero attached hydrogens (tertiary/aromatic N) is 1. The summed E-state index contributed by atoms with van der Waals surface area (Å²) in [7, 11) is 1.99. The number of nitrogen functional groups attached to an aromatic ring is 1. The first-order chi connectivity index (χ1) is 8.76. The molecule has 1 aromatic rings. The predicted molar refractivity (Wildman–Crippen MR) is 73.3 cm³/mol. The number of rotatable bonds is 7. The highest BCUT2D eigenvalue weighted by molar-refractivity contribution is 5.44. The average Bonchev–Trinajstić information content (AvgIpc) is 3.20. The summed E-state index contributed by atoms with van der Waals surface area (Å²) in [6, 6.07) is 2.17. The van der Waals surface area contributed by atoms with Gasteiger partial charge in [0.1, 0.15) is 0 Å². The molecular weight excluding hydrogens is 226 g/mol. The number of anilines is 1. The van der Waals surface area contributed by atoms with Crippen LogP contribution in [0.2, 0.25) is 0 Å². The summed E-state index contributed by atoms with van der Waals surface area (Å²) in [4.78, 5) is 4.15. The number of nitrogens with one attached hydrogen (secondary N) is 1. The second kappa shape index (κ2) is 6.16. The molecule has 0 saturated heterocycles. The van der Waals surface area contributed by atoms with Crippen molar-refractivity contribution in [3.8, 4) is 0 Å². The lowest BCUT2D eigenvalue weighted by Crippen LogP contribution is -2.42. The van der Waals surface area contributed by atoms with Gasteiger partial charge in [-0.1, -0.05) is 0 Å². The van der Waals surface area contributed by atoms with Crippen molar-refractivity contribution in [3.63, 3.8) is 0 Å². The molecule has 3 N–H and O–H groups in total. The summed E-state index contributed by atoms with van der Waals surface area (Å²) < 4.78 is 5.91. The van der Waals surface area contributed by atoms with Gasteiger partial charge in [0.25, 0.3) is 0 Å². The molecule has 1 aliphatic rings. The van der Waals surface area contributed by atoms with Crippen LogP contribution < -0.4 is 11.1 Å². The molecule has 4 heteroatoms. The molecule has 1 heterocycles. The van der Waals surface area contributed by atoms with Gasteiger partial charge in [-0.3, -0.25) is 4.98 Å². The summed E-state index contributed by atoms with van der Waals surface area (Å²) in [5.74, 6) is 0.709. The zero-order valence-corrected chi connectivity index (χ0v) is 11.2. The van der Waals surface area contributed by atoms with Crippen molar-refractivity contribution in [2.45, 2.75) is 38.3 Å². The molecule has 1 aromatic heterocycles. The third-order valence-electron chi connectivity index (χ3n) is 3.59. The van der Waals surface area contributed by atoms with Crippen LogP contribution in [0.1, 0.15) is 25.3 Å². The highest BCUT2D eigenvalue weighted by Crippen LogP contribution is 2.36. The van der Waals surface area contributed by atoms with Gasteiger partial charge in [0.05, 0.1) is 6.10 Å². The van der Waals surface area contributed by atoms with Crippen LogP contribution in [0, 0.1) is 5.92 Å². The fourth-order valence-electron chi connectivity index (χ4n) is 2.43. The van der Waals surface area contributed by atoms with Crippen LogP contribution in [0.3, 0.4) is 0 Å². The average molecular weight is 249 g/mol. The van der Waals surface area contributed by atoms with Crippen LogP contribution in [0.4, 0.5) is 5.69 Å². The molecule has 100 valence electrons. The molecule has 18 heavy (non-hydrogen) atoms. The Morgan fingerprint density at radius 1 is 1.56 bits per heavy atom. The number of pyridine rings is 1. The zero-order chi connectivity index (χ0) is 13.0. The minimum atomic E-state index is 0.291. The molecule has 0 spiro atoms. The Morgan fingerprint density at radius 2 is 2.33 bits per heavy atom. The van der Waals surface area contributed by atoms with E-state index in [0.717, 1.165) is 24.3 Å². The molecule has 4 nitrogen and oxygen atoms in total. The van der Waals surface area contributed by atoms with E-state index < -0.39 is 0 Å². The van der Waals surface area contributed by atoms with Crippen molar-refractivity contribution < 1.29 is 4.74 Å². The van der Waals surface area contributed by atoms with E-state index in [-0.39, 0.29) is 0 Å². The Morgan fingerprint density at radius 3 is 2.89 bits per heavy atom. The van der Waals surface area contributed by atoms with Crippen LogP contribution in [-0.4, -0.2) is 30.8 Å². The van der Waals surface area contributed by atoms with Crippen molar-refractivity contribution in [2.75, 3.05) is 19.4 Å². The maximum atomic E-state index is 5.98. The number of nitrogens with two attached hydrogens (primary N) is 1. The quantitative estimate of drug-likeness (QED) is 0.770. The predicted octanol–water partition coefficient (Wildman–Crippen LogP) is 1.61. The van der Waals surface area contributed by atoms with Crippen LogP contribution in [-0.2, 0) is 11.2 Å². The summed E-state index contributed by atoms with van der Waals surface area (Å²) in [6.07, 6.45) is 7.32. The zero-order valence-electron chi connectivity index (χ0n) is 11.2. The van der Waals surface area contributed by atoms with Gasteiger partial charge in [-0.25, -0.2) is 0 Å². The van der Waals surface area contributed by atoms with E-state index in [1.807, 2.05) is 19.3 Å². The van der Waals surface area contributed by atoms with Gasteiger partial charge in [0.15, 0.2) is 0 Å². The second-order valence-electron chi connectivity index (χ2n) is 4.93. The third kappa shape index (κ3) is 3.21. The Balaban J connectivity index is 2.05. The number of hydrogen-bond acceptors (Lipinski definition) is 4. The molecule has 1 saturated carbocycles. The Kier molecular flexibility index (Phi) is 4.55. The molecule has 2 rings (SSSR count). The second-order valence-corrected chi connectivity index (χ2v) is 4.93. The first-order valence-electron chi connectivity index (χ1n) is 6.73. The fraction of sp³-hybridized carbons (Fsp3) is 0.643. The lowest BCUT2D eigenvalue weighted by molar-refractivity contribution is 0.0211. The first kappa shape index (κ1) is 13.3. The van der Waals surface area contributed by atoms with E-state index in [2.05, 4.69) is 17.2 Å². The monoisotopic (exact) mass is 249 g/mol. The highest BCUT2D eigenvalue weighted by Gasteiger charge is 2.36. The molecule has 0 amide bonds. The fourth-order valence-corrected chi connectivity index (χ4v) is 2.43. The maximum Gasteiger partial charge on any atom is 0.0759 e. The standard InChI is InChI=1S/C14H23N3O/c1-3-18-14(10-4-5-10)13(16-2)8-11-9-17-7-6-12(11)15/h6-7,9-10,13-14,16H,3-5,8H2,1-2H3,(H2,15,17). The molecule has 0 aromatic carbocycles. The molecule has 2 atom stereocenters. The van der Waals surface area contributed by atoms with Crippen molar-refractivity contribution in [2.24, 2.45) is 5.92 Å². The number of hydrogen-bond donors (Lipinski definition) is 2.